The van der Waals surface area contributed by atoms with Crippen molar-refractivity contribution in [2.75, 3.05) is 0 Å². The molecule has 2 heteroatoms. The maximum atomic E-state index is 7.32. The van der Waals surface area contributed by atoms with Gasteiger partial charge in [-0.2, -0.15) is 0 Å². The van der Waals surface area contributed by atoms with Crippen molar-refractivity contribution < 1.29 is 0 Å². The summed E-state index contributed by atoms with van der Waals surface area (Å²) in [7, 11) is 1.89. The fourth-order valence-corrected chi connectivity index (χ4v) is 0.692. The third kappa shape index (κ3) is 1.02. The molecular formula is C7H10N2. The molecule has 9 heavy (non-hydrogen) atoms. The van der Waals surface area contributed by atoms with Crippen LogP contribution in [0.3, 0.4) is 0 Å². The van der Waals surface area contributed by atoms with Gasteiger partial charge in [0.1, 0.15) is 5.49 Å². The van der Waals surface area contributed by atoms with Gasteiger partial charge in [-0.3, -0.25) is 5.41 Å². The molecule has 0 aliphatic carbocycles. The molecule has 0 aromatic carbocycles. The van der Waals surface area contributed by atoms with E-state index in [4.69, 9.17) is 5.41 Å². The number of aromatic nitrogens is 1. The Morgan fingerprint density at radius 3 is 2.56 bits per heavy atom. The molecule has 0 aliphatic heterocycles. The number of hydrogen-bond donors (Lipinski definition) is 1. The van der Waals surface area contributed by atoms with Gasteiger partial charge in [0.05, 0.1) is 0 Å². The first kappa shape index (κ1) is 6.08. The van der Waals surface area contributed by atoms with E-state index in [0.717, 1.165) is 5.69 Å². The predicted molar refractivity (Wildman–Crippen MR) is 36.0 cm³/mol. The van der Waals surface area contributed by atoms with E-state index in [-0.39, 0.29) is 0 Å². The Hall–Kier alpha value is -1.05. The molecule has 0 atom stereocenters. The van der Waals surface area contributed by atoms with Gasteiger partial charge in [-0.15, -0.1) is 0 Å². The van der Waals surface area contributed by atoms with Gasteiger partial charge >= 0.3 is 0 Å². The molecule has 0 unspecified atom stereocenters. The topological polar surface area (TPSA) is 28.8 Å². The Labute approximate surface area is 54.3 Å². The molecule has 2 nitrogen and oxygen atoms in total. The summed E-state index contributed by atoms with van der Waals surface area (Å²) in [5.74, 6) is 0. The quantitative estimate of drug-likeness (QED) is 0.527. The predicted octanol–water partition coefficient (Wildman–Crippen LogP) is 0.813. The third-order valence-electron chi connectivity index (χ3n) is 1.48. The molecule has 0 fully saturated rings. The molecule has 1 aromatic rings. The largest absolute Gasteiger partial charge is 0.334 e. The van der Waals surface area contributed by atoms with E-state index in [0.29, 0.717) is 5.49 Å². The standard InChI is InChI=1S/C7H10N2/c1-6-4-3-5-7(8)9(6)2/h3-5,8H,1-2H3. The number of hydrogen-bond acceptors (Lipinski definition) is 1. The minimum Gasteiger partial charge on any atom is -0.334 e. The highest BCUT2D eigenvalue weighted by Crippen LogP contribution is 1.87. The lowest BCUT2D eigenvalue weighted by Crippen LogP contribution is -2.16. The van der Waals surface area contributed by atoms with Crippen LogP contribution in [0.1, 0.15) is 5.69 Å². The molecule has 1 heterocycles. The van der Waals surface area contributed by atoms with Crippen molar-refractivity contribution in [1.29, 1.82) is 5.41 Å². The first-order valence-electron chi connectivity index (χ1n) is 2.89. The van der Waals surface area contributed by atoms with Gasteiger partial charge in [-0.25, -0.2) is 0 Å². The fourth-order valence-electron chi connectivity index (χ4n) is 0.692. The molecule has 0 amide bonds. The zero-order valence-electron chi connectivity index (χ0n) is 5.68. The zero-order valence-corrected chi connectivity index (χ0v) is 5.68. The van der Waals surface area contributed by atoms with Crippen molar-refractivity contribution in [3.63, 3.8) is 0 Å². The summed E-state index contributed by atoms with van der Waals surface area (Å²) in [6.45, 7) is 1.98. The fraction of sp³-hybridized carbons (Fsp3) is 0.286. The minimum absolute atomic E-state index is 0.551. The van der Waals surface area contributed by atoms with Crippen LogP contribution in [0.5, 0.6) is 0 Å². The normalized spacial score (nSPS) is 9.56. The molecule has 48 valence electrons. The van der Waals surface area contributed by atoms with Gasteiger partial charge < -0.3 is 4.57 Å². The summed E-state index contributed by atoms with van der Waals surface area (Å²) >= 11 is 0. The van der Waals surface area contributed by atoms with E-state index in [2.05, 4.69) is 0 Å². The van der Waals surface area contributed by atoms with Crippen LogP contribution in [0.2, 0.25) is 0 Å². The number of nitrogens with zero attached hydrogens (tertiary/aromatic N) is 1. The van der Waals surface area contributed by atoms with Crippen molar-refractivity contribution in [3.05, 3.63) is 29.4 Å². The van der Waals surface area contributed by atoms with Gasteiger partial charge in [0.2, 0.25) is 0 Å². The lowest BCUT2D eigenvalue weighted by molar-refractivity contribution is 0.782. The van der Waals surface area contributed by atoms with Crippen LogP contribution in [-0.2, 0) is 7.05 Å². The van der Waals surface area contributed by atoms with Crippen molar-refractivity contribution in [2.45, 2.75) is 6.92 Å². The number of aryl methyl sites for hydroxylation is 1. The summed E-state index contributed by atoms with van der Waals surface area (Å²) in [6.07, 6.45) is 0. The summed E-state index contributed by atoms with van der Waals surface area (Å²) < 4.78 is 1.83. The molecule has 0 saturated heterocycles. The van der Waals surface area contributed by atoms with Crippen LogP contribution in [0.25, 0.3) is 0 Å². The Bertz CT molecular complexity index is 260. The highest BCUT2D eigenvalue weighted by Gasteiger charge is 1.85. The third-order valence-corrected chi connectivity index (χ3v) is 1.48. The SMILES string of the molecule is Cc1cccc(=N)n1C. The summed E-state index contributed by atoms with van der Waals surface area (Å²) in [5.41, 5.74) is 1.66. The van der Waals surface area contributed by atoms with E-state index in [1.165, 1.54) is 0 Å². The second-order valence-electron chi connectivity index (χ2n) is 2.11. The van der Waals surface area contributed by atoms with Crippen LogP contribution in [0, 0.1) is 12.3 Å². The molecular weight excluding hydrogens is 112 g/mol. The molecule has 0 aliphatic rings. The van der Waals surface area contributed by atoms with Crippen LogP contribution in [0.4, 0.5) is 0 Å². The Morgan fingerprint density at radius 1 is 1.44 bits per heavy atom. The number of pyridine rings is 1. The van der Waals surface area contributed by atoms with E-state index >= 15 is 0 Å². The van der Waals surface area contributed by atoms with E-state index in [9.17, 15) is 0 Å². The van der Waals surface area contributed by atoms with E-state index in [1.54, 1.807) is 6.07 Å². The summed E-state index contributed by atoms with van der Waals surface area (Å²) in [4.78, 5) is 0. The van der Waals surface area contributed by atoms with Gasteiger partial charge in [0, 0.05) is 12.7 Å². The Balaban J connectivity index is 3.43. The van der Waals surface area contributed by atoms with Crippen molar-refractivity contribution in [1.82, 2.24) is 4.57 Å². The lowest BCUT2D eigenvalue weighted by Gasteiger charge is -2.00. The molecule has 1 rings (SSSR count). The number of nitrogens with one attached hydrogen (secondary N) is 1. The van der Waals surface area contributed by atoms with Gasteiger partial charge in [-0.05, 0) is 19.1 Å². The average molecular weight is 122 g/mol. The monoisotopic (exact) mass is 122 g/mol. The lowest BCUT2D eigenvalue weighted by atomic mass is 10.4. The first-order valence-corrected chi connectivity index (χ1v) is 2.89. The minimum atomic E-state index is 0.551. The highest BCUT2D eigenvalue weighted by molar-refractivity contribution is 5.02. The maximum Gasteiger partial charge on any atom is 0.124 e. The zero-order chi connectivity index (χ0) is 6.85. The van der Waals surface area contributed by atoms with Crippen molar-refractivity contribution in [2.24, 2.45) is 7.05 Å². The summed E-state index contributed by atoms with van der Waals surface area (Å²) in [6, 6.07) is 5.64. The molecule has 0 spiro atoms. The summed E-state index contributed by atoms with van der Waals surface area (Å²) in [5, 5.41) is 7.32. The Morgan fingerprint density at radius 2 is 2.11 bits per heavy atom. The molecule has 0 radical (unpaired) electrons. The smallest absolute Gasteiger partial charge is 0.124 e. The average Bonchev–Trinajstić information content (AvgIpc) is 1.83. The van der Waals surface area contributed by atoms with Crippen LogP contribution >= 0.6 is 0 Å². The molecule has 0 saturated carbocycles. The van der Waals surface area contributed by atoms with E-state index in [1.807, 2.05) is 30.7 Å². The molecule has 1 aromatic heterocycles. The van der Waals surface area contributed by atoms with Crippen LogP contribution < -0.4 is 5.49 Å². The highest BCUT2D eigenvalue weighted by atomic mass is 14.9. The van der Waals surface area contributed by atoms with Crippen molar-refractivity contribution >= 4 is 0 Å². The van der Waals surface area contributed by atoms with Crippen LogP contribution in [0.15, 0.2) is 18.2 Å². The second-order valence-corrected chi connectivity index (χ2v) is 2.11. The van der Waals surface area contributed by atoms with Gasteiger partial charge in [0.25, 0.3) is 0 Å². The van der Waals surface area contributed by atoms with Gasteiger partial charge in [-0.1, -0.05) is 6.07 Å². The number of rotatable bonds is 0. The van der Waals surface area contributed by atoms with Crippen molar-refractivity contribution in [3.8, 4) is 0 Å². The first-order chi connectivity index (χ1) is 4.22. The maximum absolute atomic E-state index is 7.32. The van der Waals surface area contributed by atoms with Crippen LogP contribution in [-0.4, -0.2) is 4.57 Å². The second kappa shape index (κ2) is 2.05. The van der Waals surface area contributed by atoms with E-state index < -0.39 is 0 Å². The van der Waals surface area contributed by atoms with Gasteiger partial charge in [0.15, 0.2) is 0 Å². The molecule has 0 bridgehead atoms. The Kier molecular flexibility index (Phi) is 1.39. The molecule has 1 N–H and O–H groups in total.